The standard InChI is InChI=1S/C14H8BrCl2N3O3/c15-10-3-1-2-8(4-10)14(21)19-18-7-9-5-13(20(22)23)12(17)6-11(9)16/h1-7H,(H,19,21)/b18-7+. The maximum Gasteiger partial charge on any atom is 0.288 e. The summed E-state index contributed by atoms with van der Waals surface area (Å²) >= 11 is 14.9. The number of benzene rings is 2. The summed E-state index contributed by atoms with van der Waals surface area (Å²) in [6, 6.07) is 9.17. The third kappa shape index (κ3) is 4.51. The molecule has 2 rings (SSSR count). The SMILES string of the molecule is O=C(N/N=C/c1cc([N+](=O)[O-])c(Cl)cc1Cl)c1cccc(Br)c1. The molecule has 0 bridgehead atoms. The average molecular weight is 417 g/mol. The van der Waals surface area contributed by atoms with E-state index in [2.05, 4.69) is 26.5 Å². The van der Waals surface area contributed by atoms with Gasteiger partial charge in [0.2, 0.25) is 0 Å². The maximum atomic E-state index is 11.9. The summed E-state index contributed by atoms with van der Waals surface area (Å²) in [6.07, 6.45) is 1.21. The fourth-order valence-electron chi connectivity index (χ4n) is 1.65. The minimum Gasteiger partial charge on any atom is -0.267 e. The molecule has 0 aromatic heterocycles. The van der Waals surface area contributed by atoms with Gasteiger partial charge in [-0.2, -0.15) is 5.10 Å². The Bertz CT molecular complexity index is 812. The van der Waals surface area contributed by atoms with Gasteiger partial charge in [0.25, 0.3) is 11.6 Å². The molecule has 0 heterocycles. The van der Waals surface area contributed by atoms with Gasteiger partial charge in [-0.15, -0.1) is 0 Å². The van der Waals surface area contributed by atoms with Crippen LogP contribution in [0.25, 0.3) is 0 Å². The van der Waals surface area contributed by atoms with E-state index < -0.39 is 10.8 Å². The third-order valence-electron chi connectivity index (χ3n) is 2.72. The zero-order valence-corrected chi connectivity index (χ0v) is 14.4. The second-order valence-electron chi connectivity index (χ2n) is 4.29. The quantitative estimate of drug-likeness (QED) is 0.454. The predicted molar refractivity (Wildman–Crippen MR) is 92.3 cm³/mol. The van der Waals surface area contributed by atoms with Crippen molar-refractivity contribution in [3.8, 4) is 0 Å². The third-order valence-corrected chi connectivity index (χ3v) is 3.84. The minimum absolute atomic E-state index is 0.0738. The van der Waals surface area contributed by atoms with E-state index in [-0.39, 0.29) is 21.3 Å². The zero-order chi connectivity index (χ0) is 17.0. The van der Waals surface area contributed by atoms with Crippen molar-refractivity contribution in [2.45, 2.75) is 0 Å². The molecular formula is C14H8BrCl2N3O3. The Morgan fingerprint density at radius 1 is 1.26 bits per heavy atom. The van der Waals surface area contributed by atoms with Crippen molar-refractivity contribution in [3.05, 3.63) is 72.2 Å². The molecule has 0 radical (unpaired) electrons. The second-order valence-corrected chi connectivity index (χ2v) is 6.02. The summed E-state index contributed by atoms with van der Waals surface area (Å²) in [5, 5.41) is 14.7. The smallest absolute Gasteiger partial charge is 0.267 e. The Morgan fingerprint density at radius 3 is 2.65 bits per heavy atom. The van der Waals surface area contributed by atoms with Crippen LogP contribution >= 0.6 is 39.1 Å². The minimum atomic E-state index is -0.629. The molecule has 118 valence electrons. The molecule has 0 saturated heterocycles. The number of halogens is 3. The topological polar surface area (TPSA) is 84.6 Å². The molecule has 6 nitrogen and oxygen atoms in total. The van der Waals surface area contributed by atoms with Crippen molar-refractivity contribution in [2.75, 3.05) is 0 Å². The molecule has 0 aliphatic heterocycles. The highest BCUT2D eigenvalue weighted by atomic mass is 79.9. The highest BCUT2D eigenvalue weighted by Gasteiger charge is 2.15. The van der Waals surface area contributed by atoms with Crippen LogP contribution in [0.1, 0.15) is 15.9 Å². The molecule has 0 unspecified atom stereocenters. The number of hydrogen-bond acceptors (Lipinski definition) is 4. The molecule has 2 aromatic carbocycles. The van der Waals surface area contributed by atoms with Crippen molar-refractivity contribution < 1.29 is 9.72 Å². The van der Waals surface area contributed by atoms with Gasteiger partial charge in [-0.25, -0.2) is 5.43 Å². The molecule has 0 atom stereocenters. The molecule has 23 heavy (non-hydrogen) atoms. The van der Waals surface area contributed by atoms with E-state index in [4.69, 9.17) is 23.2 Å². The van der Waals surface area contributed by atoms with E-state index in [1.54, 1.807) is 24.3 Å². The first kappa shape index (κ1) is 17.4. The van der Waals surface area contributed by atoms with Crippen LogP contribution in [0, 0.1) is 10.1 Å². The van der Waals surface area contributed by atoms with Gasteiger partial charge < -0.3 is 0 Å². The number of nitro groups is 1. The second kappa shape index (κ2) is 7.54. The number of carbonyl (C=O) groups excluding carboxylic acids is 1. The van der Waals surface area contributed by atoms with Crippen molar-refractivity contribution in [2.24, 2.45) is 5.10 Å². The summed E-state index contributed by atoms with van der Waals surface area (Å²) in [5.74, 6) is -0.429. The van der Waals surface area contributed by atoms with Gasteiger partial charge in [0.15, 0.2) is 0 Å². The van der Waals surface area contributed by atoms with Gasteiger partial charge in [-0.05, 0) is 24.3 Å². The molecule has 9 heteroatoms. The number of nitrogens with one attached hydrogen (secondary N) is 1. The van der Waals surface area contributed by atoms with E-state index in [0.717, 1.165) is 4.47 Å². The van der Waals surface area contributed by atoms with Crippen LogP contribution in [-0.2, 0) is 0 Å². The Morgan fingerprint density at radius 2 is 2.00 bits per heavy atom. The van der Waals surface area contributed by atoms with E-state index in [9.17, 15) is 14.9 Å². The Labute approximate surface area is 149 Å². The van der Waals surface area contributed by atoms with Crippen LogP contribution in [-0.4, -0.2) is 17.0 Å². The molecule has 0 aliphatic rings. The van der Waals surface area contributed by atoms with Gasteiger partial charge in [0.05, 0.1) is 16.2 Å². The van der Waals surface area contributed by atoms with Crippen molar-refractivity contribution >= 4 is 56.9 Å². The van der Waals surface area contributed by atoms with E-state index >= 15 is 0 Å². The Balaban J connectivity index is 2.16. The summed E-state index contributed by atoms with van der Waals surface area (Å²) in [7, 11) is 0. The molecular weight excluding hydrogens is 409 g/mol. The first-order valence-electron chi connectivity index (χ1n) is 6.11. The molecule has 2 aromatic rings. The number of nitrogens with zero attached hydrogens (tertiary/aromatic N) is 2. The summed E-state index contributed by atoms with van der Waals surface area (Å²) < 4.78 is 0.755. The van der Waals surface area contributed by atoms with Crippen LogP contribution < -0.4 is 5.43 Å². The molecule has 0 aliphatic carbocycles. The maximum absolute atomic E-state index is 11.9. The number of nitro benzene ring substituents is 1. The monoisotopic (exact) mass is 415 g/mol. The summed E-state index contributed by atoms with van der Waals surface area (Å²) in [5.41, 5.74) is 2.69. The first-order valence-corrected chi connectivity index (χ1v) is 7.66. The van der Waals surface area contributed by atoms with Gasteiger partial charge >= 0.3 is 0 Å². The number of hydrogen-bond donors (Lipinski definition) is 1. The van der Waals surface area contributed by atoms with Crippen molar-refractivity contribution in [1.82, 2.24) is 5.43 Å². The number of hydrazone groups is 1. The number of carbonyl (C=O) groups is 1. The average Bonchev–Trinajstić information content (AvgIpc) is 2.48. The van der Waals surface area contributed by atoms with Gasteiger partial charge in [0, 0.05) is 21.7 Å². The summed E-state index contributed by atoms with van der Waals surface area (Å²) in [4.78, 5) is 22.1. The van der Waals surface area contributed by atoms with Gasteiger partial charge in [-0.1, -0.05) is 45.2 Å². The molecule has 0 fully saturated rings. The lowest BCUT2D eigenvalue weighted by Gasteiger charge is -2.02. The lowest BCUT2D eigenvalue weighted by molar-refractivity contribution is -0.384. The van der Waals surface area contributed by atoms with Gasteiger partial charge in [-0.3, -0.25) is 14.9 Å². The van der Waals surface area contributed by atoms with Crippen LogP contribution in [0.3, 0.4) is 0 Å². The van der Waals surface area contributed by atoms with E-state index in [0.29, 0.717) is 5.56 Å². The lowest BCUT2D eigenvalue weighted by atomic mass is 10.2. The van der Waals surface area contributed by atoms with Crippen molar-refractivity contribution in [3.63, 3.8) is 0 Å². The number of rotatable bonds is 4. The molecule has 0 saturated carbocycles. The Kier molecular flexibility index (Phi) is 5.70. The molecule has 1 N–H and O–H groups in total. The normalized spacial score (nSPS) is 10.7. The van der Waals surface area contributed by atoms with E-state index in [1.165, 1.54) is 18.3 Å². The van der Waals surface area contributed by atoms with Crippen LogP contribution in [0.5, 0.6) is 0 Å². The fourth-order valence-corrected chi connectivity index (χ4v) is 2.55. The predicted octanol–water partition coefficient (Wildman–Crippen LogP) is 4.43. The fraction of sp³-hybridized carbons (Fsp3) is 0. The molecule has 1 amide bonds. The lowest BCUT2D eigenvalue weighted by Crippen LogP contribution is -2.17. The van der Waals surface area contributed by atoms with Crippen molar-refractivity contribution in [1.29, 1.82) is 0 Å². The highest BCUT2D eigenvalue weighted by molar-refractivity contribution is 9.10. The Hall–Kier alpha value is -1.96. The first-order chi connectivity index (χ1) is 10.9. The van der Waals surface area contributed by atoms with Crippen LogP contribution in [0.4, 0.5) is 5.69 Å². The van der Waals surface area contributed by atoms with E-state index in [1.807, 2.05) is 0 Å². The van der Waals surface area contributed by atoms with Crippen LogP contribution in [0.2, 0.25) is 10.0 Å². The highest BCUT2D eigenvalue weighted by Crippen LogP contribution is 2.29. The number of amides is 1. The molecule has 0 spiro atoms. The van der Waals surface area contributed by atoms with Crippen LogP contribution in [0.15, 0.2) is 46.0 Å². The summed E-state index contributed by atoms with van der Waals surface area (Å²) in [6.45, 7) is 0. The zero-order valence-electron chi connectivity index (χ0n) is 11.3. The van der Waals surface area contributed by atoms with Gasteiger partial charge in [0.1, 0.15) is 5.02 Å². The largest absolute Gasteiger partial charge is 0.288 e.